The first kappa shape index (κ1) is 16.4. The molecule has 0 unspecified atom stereocenters. The quantitative estimate of drug-likeness (QED) is 0.781. The number of sulfonamides is 1. The summed E-state index contributed by atoms with van der Waals surface area (Å²) in [6.45, 7) is 0.572. The van der Waals surface area contributed by atoms with Crippen molar-refractivity contribution >= 4 is 21.9 Å². The Morgan fingerprint density at radius 3 is 2.86 bits per heavy atom. The highest BCUT2D eigenvalue weighted by Crippen LogP contribution is 2.15. The number of benzene rings is 1. The van der Waals surface area contributed by atoms with Crippen LogP contribution >= 0.6 is 0 Å². The maximum absolute atomic E-state index is 12.1. The highest BCUT2D eigenvalue weighted by Gasteiger charge is 2.25. The molecule has 1 saturated heterocycles. The number of ether oxygens (including phenoxy) is 1. The fourth-order valence-corrected chi connectivity index (χ4v) is 2.90. The molecule has 0 aromatic heterocycles. The van der Waals surface area contributed by atoms with E-state index in [0.29, 0.717) is 13.0 Å². The molecule has 0 aliphatic carbocycles. The van der Waals surface area contributed by atoms with Crippen LogP contribution in [-0.2, 0) is 19.6 Å². The SMILES string of the molecule is CNS(=O)(=O)c1cccc(C(=O)O[C@H]2CCCCNC2=O)c1. The van der Waals surface area contributed by atoms with E-state index < -0.39 is 22.1 Å². The van der Waals surface area contributed by atoms with Crippen LogP contribution in [0.5, 0.6) is 0 Å². The Morgan fingerprint density at radius 1 is 1.36 bits per heavy atom. The second kappa shape index (κ2) is 6.89. The average molecular weight is 326 g/mol. The van der Waals surface area contributed by atoms with Crippen LogP contribution in [0.1, 0.15) is 29.6 Å². The van der Waals surface area contributed by atoms with Crippen molar-refractivity contribution in [2.75, 3.05) is 13.6 Å². The standard InChI is InChI=1S/C14H18N2O5S/c1-15-22(19,20)11-6-4-5-10(9-11)14(18)21-12-7-2-3-8-16-13(12)17/h4-6,9,12,15H,2-3,7-8H2,1H3,(H,16,17)/t12-/m0/s1. The average Bonchev–Trinajstić information content (AvgIpc) is 2.72. The van der Waals surface area contributed by atoms with Crippen LogP contribution in [-0.4, -0.2) is 40.0 Å². The summed E-state index contributed by atoms with van der Waals surface area (Å²) in [5, 5.41) is 2.67. The van der Waals surface area contributed by atoms with Gasteiger partial charge in [0.05, 0.1) is 10.5 Å². The molecule has 8 heteroatoms. The Kier molecular flexibility index (Phi) is 5.15. The van der Waals surface area contributed by atoms with E-state index in [1.807, 2.05) is 0 Å². The van der Waals surface area contributed by atoms with Gasteiger partial charge in [0.1, 0.15) is 0 Å². The summed E-state index contributed by atoms with van der Waals surface area (Å²) in [4.78, 5) is 23.8. The first-order valence-electron chi connectivity index (χ1n) is 6.96. The van der Waals surface area contributed by atoms with Crippen LogP contribution in [0.2, 0.25) is 0 Å². The first-order chi connectivity index (χ1) is 10.4. The van der Waals surface area contributed by atoms with Gasteiger partial charge in [0, 0.05) is 6.54 Å². The number of carbonyl (C=O) groups excluding carboxylic acids is 2. The monoisotopic (exact) mass is 326 g/mol. The summed E-state index contributed by atoms with van der Waals surface area (Å²) >= 11 is 0. The van der Waals surface area contributed by atoms with Gasteiger partial charge in [0.2, 0.25) is 10.0 Å². The minimum Gasteiger partial charge on any atom is -0.449 e. The molecule has 1 amide bonds. The van der Waals surface area contributed by atoms with E-state index in [9.17, 15) is 18.0 Å². The number of rotatable bonds is 4. The number of carbonyl (C=O) groups is 2. The van der Waals surface area contributed by atoms with E-state index in [-0.39, 0.29) is 16.4 Å². The third kappa shape index (κ3) is 3.83. The van der Waals surface area contributed by atoms with Gasteiger partial charge in [-0.2, -0.15) is 0 Å². The van der Waals surface area contributed by atoms with Crippen molar-refractivity contribution < 1.29 is 22.7 Å². The molecule has 0 bridgehead atoms. The van der Waals surface area contributed by atoms with E-state index in [0.717, 1.165) is 12.8 Å². The molecule has 2 N–H and O–H groups in total. The minimum absolute atomic E-state index is 0.0326. The Morgan fingerprint density at radius 2 is 2.14 bits per heavy atom. The van der Waals surface area contributed by atoms with E-state index in [2.05, 4.69) is 10.0 Å². The lowest BCUT2D eigenvalue weighted by Crippen LogP contribution is -2.36. The summed E-state index contributed by atoms with van der Waals surface area (Å²) in [6.07, 6.45) is 1.26. The molecular weight excluding hydrogens is 308 g/mol. The summed E-state index contributed by atoms with van der Waals surface area (Å²) in [6, 6.07) is 5.50. The third-order valence-electron chi connectivity index (χ3n) is 3.38. The number of amides is 1. The topological polar surface area (TPSA) is 102 Å². The predicted octanol–water partition coefficient (Wildman–Crippen LogP) is 0.420. The first-order valence-corrected chi connectivity index (χ1v) is 8.44. The van der Waals surface area contributed by atoms with E-state index in [1.54, 1.807) is 0 Å². The van der Waals surface area contributed by atoms with E-state index in [4.69, 9.17) is 4.74 Å². The molecule has 7 nitrogen and oxygen atoms in total. The Balaban J connectivity index is 2.16. The van der Waals surface area contributed by atoms with E-state index >= 15 is 0 Å². The molecular formula is C14H18N2O5S. The number of hydrogen-bond donors (Lipinski definition) is 2. The predicted molar refractivity (Wildman–Crippen MR) is 78.8 cm³/mol. The van der Waals surface area contributed by atoms with Gasteiger partial charge in [-0.3, -0.25) is 4.79 Å². The van der Waals surface area contributed by atoms with Gasteiger partial charge in [-0.15, -0.1) is 0 Å². The van der Waals surface area contributed by atoms with Gasteiger partial charge in [0.15, 0.2) is 6.10 Å². The van der Waals surface area contributed by atoms with Crippen molar-refractivity contribution in [3.8, 4) is 0 Å². The van der Waals surface area contributed by atoms with Crippen LogP contribution in [0.15, 0.2) is 29.2 Å². The minimum atomic E-state index is -3.64. The van der Waals surface area contributed by atoms with Crippen LogP contribution < -0.4 is 10.0 Å². The number of nitrogens with one attached hydrogen (secondary N) is 2. The zero-order valence-corrected chi connectivity index (χ0v) is 13.0. The molecule has 22 heavy (non-hydrogen) atoms. The van der Waals surface area contributed by atoms with Gasteiger partial charge in [-0.25, -0.2) is 17.9 Å². The van der Waals surface area contributed by atoms with Gasteiger partial charge < -0.3 is 10.1 Å². The van der Waals surface area contributed by atoms with Gasteiger partial charge in [-0.1, -0.05) is 6.07 Å². The molecule has 0 saturated carbocycles. The summed E-state index contributed by atoms with van der Waals surface area (Å²) in [5.41, 5.74) is 0.0911. The lowest BCUT2D eigenvalue weighted by Gasteiger charge is -2.14. The smallest absolute Gasteiger partial charge is 0.338 e. The number of hydrogen-bond acceptors (Lipinski definition) is 5. The molecule has 1 aromatic carbocycles. The lowest BCUT2D eigenvalue weighted by atomic mass is 10.1. The normalized spacial score (nSPS) is 19.1. The Labute approximate surface area is 129 Å². The van der Waals surface area contributed by atoms with Crippen LogP contribution in [0.3, 0.4) is 0 Å². The highest BCUT2D eigenvalue weighted by atomic mass is 32.2. The fraction of sp³-hybridized carbons (Fsp3) is 0.429. The van der Waals surface area contributed by atoms with Crippen molar-refractivity contribution in [1.29, 1.82) is 0 Å². The van der Waals surface area contributed by atoms with Crippen molar-refractivity contribution in [2.24, 2.45) is 0 Å². The highest BCUT2D eigenvalue weighted by molar-refractivity contribution is 7.89. The molecule has 2 rings (SSSR count). The summed E-state index contributed by atoms with van der Waals surface area (Å²) in [7, 11) is -2.35. The molecule has 1 heterocycles. The van der Waals surface area contributed by atoms with Crippen LogP contribution in [0, 0.1) is 0 Å². The fourth-order valence-electron chi connectivity index (χ4n) is 2.13. The molecule has 1 aromatic rings. The summed E-state index contributed by atoms with van der Waals surface area (Å²) in [5.74, 6) is -1.03. The number of esters is 1. The molecule has 0 spiro atoms. The van der Waals surface area contributed by atoms with Crippen molar-refractivity contribution in [2.45, 2.75) is 30.3 Å². The molecule has 1 atom stereocenters. The lowest BCUT2D eigenvalue weighted by molar-refractivity contribution is -0.129. The van der Waals surface area contributed by atoms with Crippen molar-refractivity contribution in [3.05, 3.63) is 29.8 Å². The second-order valence-corrected chi connectivity index (χ2v) is 6.80. The Hall–Kier alpha value is -1.93. The van der Waals surface area contributed by atoms with Gasteiger partial charge in [-0.05, 0) is 44.5 Å². The van der Waals surface area contributed by atoms with Crippen molar-refractivity contribution in [3.63, 3.8) is 0 Å². The molecule has 1 aliphatic rings. The van der Waals surface area contributed by atoms with Crippen LogP contribution in [0.4, 0.5) is 0 Å². The van der Waals surface area contributed by atoms with Gasteiger partial charge in [0.25, 0.3) is 5.91 Å². The second-order valence-electron chi connectivity index (χ2n) is 4.92. The molecule has 1 fully saturated rings. The maximum Gasteiger partial charge on any atom is 0.338 e. The van der Waals surface area contributed by atoms with Gasteiger partial charge >= 0.3 is 5.97 Å². The maximum atomic E-state index is 12.1. The largest absolute Gasteiger partial charge is 0.449 e. The zero-order chi connectivity index (χ0) is 16.2. The van der Waals surface area contributed by atoms with Crippen LogP contribution in [0.25, 0.3) is 0 Å². The zero-order valence-electron chi connectivity index (χ0n) is 12.2. The third-order valence-corrected chi connectivity index (χ3v) is 4.79. The molecule has 0 radical (unpaired) electrons. The molecule has 1 aliphatic heterocycles. The molecule has 120 valence electrons. The van der Waals surface area contributed by atoms with E-state index in [1.165, 1.54) is 31.3 Å². The van der Waals surface area contributed by atoms with Crippen molar-refractivity contribution in [1.82, 2.24) is 10.0 Å². The Bertz CT molecular complexity index is 672. The summed E-state index contributed by atoms with van der Waals surface area (Å²) < 4.78 is 30.9.